The number of hydrogen-bond acceptors (Lipinski definition) is 2. The fraction of sp³-hybridized carbons (Fsp3) is 0.625. The molecule has 1 aromatic carbocycles. The third kappa shape index (κ3) is 4.20. The zero-order valence-corrected chi connectivity index (χ0v) is 11.9. The summed E-state index contributed by atoms with van der Waals surface area (Å²) in [5.41, 5.74) is 1.13. The highest BCUT2D eigenvalue weighted by Gasteiger charge is 2.23. The summed E-state index contributed by atoms with van der Waals surface area (Å²) in [6, 6.07) is 5.52. The lowest BCUT2D eigenvalue weighted by atomic mass is 10.00. The Bertz CT molecular complexity index is 404. The van der Waals surface area contributed by atoms with Crippen LogP contribution in [0, 0.1) is 11.7 Å². The Labute approximate surface area is 115 Å². The van der Waals surface area contributed by atoms with Gasteiger partial charge in [0.2, 0.25) is 0 Å². The van der Waals surface area contributed by atoms with Gasteiger partial charge in [-0.3, -0.25) is 0 Å². The van der Waals surface area contributed by atoms with Crippen LogP contribution in [-0.4, -0.2) is 13.7 Å². The Morgan fingerprint density at radius 1 is 1.42 bits per heavy atom. The molecule has 0 bridgehead atoms. The zero-order valence-electron chi connectivity index (χ0n) is 11.9. The first-order valence-electron chi connectivity index (χ1n) is 7.31. The third-order valence-corrected chi connectivity index (χ3v) is 3.78. The van der Waals surface area contributed by atoms with E-state index in [9.17, 15) is 4.39 Å². The molecule has 1 N–H and O–H groups in total. The summed E-state index contributed by atoms with van der Waals surface area (Å²) in [7, 11) is 1.51. The van der Waals surface area contributed by atoms with Crippen LogP contribution in [-0.2, 0) is 0 Å². The molecule has 0 aliphatic heterocycles. The molecule has 1 fully saturated rings. The Balaban J connectivity index is 2.05. The molecule has 1 aliphatic rings. The second-order valence-corrected chi connectivity index (χ2v) is 5.42. The van der Waals surface area contributed by atoms with Crippen molar-refractivity contribution < 1.29 is 9.13 Å². The number of rotatable bonds is 8. The Morgan fingerprint density at radius 3 is 2.84 bits per heavy atom. The second kappa shape index (κ2) is 6.90. The maximum atomic E-state index is 13.5. The minimum atomic E-state index is -0.289. The first kappa shape index (κ1) is 14.3. The lowest BCUT2D eigenvalue weighted by Gasteiger charge is -2.19. The quantitative estimate of drug-likeness (QED) is 0.765. The maximum absolute atomic E-state index is 13.5. The maximum Gasteiger partial charge on any atom is 0.165 e. The lowest BCUT2D eigenvalue weighted by Crippen LogP contribution is -2.22. The SMILES string of the molecule is CCCNC(CCC1CC1)c1ccc(F)c(OC)c1. The van der Waals surface area contributed by atoms with E-state index < -0.39 is 0 Å². The molecule has 0 heterocycles. The summed E-state index contributed by atoms with van der Waals surface area (Å²) < 4.78 is 18.5. The summed E-state index contributed by atoms with van der Waals surface area (Å²) >= 11 is 0. The Kier molecular flexibility index (Phi) is 5.20. The molecule has 19 heavy (non-hydrogen) atoms. The molecule has 2 nitrogen and oxygen atoms in total. The summed E-state index contributed by atoms with van der Waals surface area (Å²) in [6.07, 6.45) is 6.26. The molecule has 1 saturated carbocycles. The monoisotopic (exact) mass is 265 g/mol. The zero-order chi connectivity index (χ0) is 13.7. The van der Waals surface area contributed by atoms with Gasteiger partial charge < -0.3 is 10.1 Å². The fourth-order valence-electron chi connectivity index (χ4n) is 2.41. The molecule has 2 rings (SSSR count). The summed E-state index contributed by atoms with van der Waals surface area (Å²) in [5.74, 6) is 0.975. The van der Waals surface area contributed by atoms with Gasteiger partial charge in [-0.05, 0) is 49.4 Å². The van der Waals surface area contributed by atoms with Crippen LogP contribution in [0.3, 0.4) is 0 Å². The normalized spacial score (nSPS) is 16.4. The predicted octanol–water partition coefficient (Wildman–Crippen LogP) is 4.07. The topological polar surface area (TPSA) is 21.3 Å². The van der Waals surface area contributed by atoms with Crippen LogP contribution in [0.2, 0.25) is 0 Å². The van der Waals surface area contributed by atoms with E-state index >= 15 is 0 Å². The molecule has 0 saturated heterocycles. The van der Waals surface area contributed by atoms with Gasteiger partial charge in [0.05, 0.1) is 7.11 Å². The van der Waals surface area contributed by atoms with Gasteiger partial charge in [0, 0.05) is 6.04 Å². The van der Waals surface area contributed by atoms with E-state index in [1.165, 1.54) is 32.4 Å². The van der Waals surface area contributed by atoms with Crippen molar-refractivity contribution >= 4 is 0 Å². The van der Waals surface area contributed by atoms with E-state index in [0.717, 1.165) is 30.9 Å². The van der Waals surface area contributed by atoms with Crippen molar-refractivity contribution in [1.29, 1.82) is 0 Å². The van der Waals surface area contributed by atoms with Crippen LogP contribution >= 0.6 is 0 Å². The fourth-order valence-corrected chi connectivity index (χ4v) is 2.41. The molecule has 1 aromatic rings. The van der Waals surface area contributed by atoms with Gasteiger partial charge in [-0.2, -0.15) is 0 Å². The molecule has 1 unspecified atom stereocenters. The third-order valence-electron chi connectivity index (χ3n) is 3.78. The van der Waals surface area contributed by atoms with Gasteiger partial charge in [0.1, 0.15) is 0 Å². The smallest absolute Gasteiger partial charge is 0.165 e. The molecule has 0 radical (unpaired) electrons. The van der Waals surface area contributed by atoms with Crippen molar-refractivity contribution in [3.63, 3.8) is 0 Å². The van der Waals surface area contributed by atoms with Crippen LogP contribution in [0.5, 0.6) is 5.75 Å². The molecule has 1 atom stereocenters. The standard InChI is InChI=1S/C16H24FNO/c1-3-10-18-15(9-6-12-4-5-12)13-7-8-14(17)16(11-13)19-2/h7-8,11-12,15,18H,3-6,9-10H2,1-2H3. The number of benzene rings is 1. The van der Waals surface area contributed by atoms with Gasteiger partial charge in [-0.25, -0.2) is 4.39 Å². The molecule has 3 heteroatoms. The number of halogens is 1. The molecule has 0 spiro atoms. The molecule has 0 aromatic heterocycles. The highest BCUT2D eigenvalue weighted by atomic mass is 19.1. The highest BCUT2D eigenvalue weighted by Crippen LogP contribution is 2.36. The number of hydrogen-bond donors (Lipinski definition) is 1. The molecule has 0 amide bonds. The number of methoxy groups -OCH3 is 1. The van der Waals surface area contributed by atoms with Gasteiger partial charge in [0.15, 0.2) is 11.6 Å². The van der Waals surface area contributed by atoms with E-state index in [4.69, 9.17) is 4.74 Å². The van der Waals surface area contributed by atoms with Crippen LogP contribution in [0.4, 0.5) is 4.39 Å². The van der Waals surface area contributed by atoms with Gasteiger partial charge >= 0.3 is 0 Å². The van der Waals surface area contributed by atoms with Crippen molar-refractivity contribution in [3.05, 3.63) is 29.6 Å². The second-order valence-electron chi connectivity index (χ2n) is 5.42. The van der Waals surface area contributed by atoms with Crippen molar-refractivity contribution in [2.75, 3.05) is 13.7 Å². The average Bonchev–Trinajstić information content (AvgIpc) is 3.24. The first-order valence-corrected chi connectivity index (χ1v) is 7.31. The number of nitrogens with one attached hydrogen (secondary N) is 1. The minimum absolute atomic E-state index is 0.289. The predicted molar refractivity (Wildman–Crippen MR) is 75.9 cm³/mol. The lowest BCUT2D eigenvalue weighted by molar-refractivity contribution is 0.383. The van der Waals surface area contributed by atoms with Crippen LogP contribution in [0.25, 0.3) is 0 Å². The van der Waals surface area contributed by atoms with Crippen molar-refractivity contribution in [3.8, 4) is 5.75 Å². The van der Waals surface area contributed by atoms with E-state index in [2.05, 4.69) is 12.2 Å². The summed E-state index contributed by atoms with van der Waals surface area (Å²) in [5, 5.41) is 3.56. The van der Waals surface area contributed by atoms with Gasteiger partial charge in [-0.1, -0.05) is 25.8 Å². The molecule has 106 valence electrons. The minimum Gasteiger partial charge on any atom is -0.494 e. The van der Waals surface area contributed by atoms with E-state index in [1.807, 2.05) is 12.1 Å². The summed E-state index contributed by atoms with van der Waals surface area (Å²) in [4.78, 5) is 0. The van der Waals surface area contributed by atoms with Gasteiger partial charge in [-0.15, -0.1) is 0 Å². The van der Waals surface area contributed by atoms with Gasteiger partial charge in [0.25, 0.3) is 0 Å². The Morgan fingerprint density at radius 2 is 2.21 bits per heavy atom. The van der Waals surface area contributed by atoms with Crippen molar-refractivity contribution in [2.24, 2.45) is 5.92 Å². The highest BCUT2D eigenvalue weighted by molar-refractivity contribution is 5.32. The Hall–Kier alpha value is -1.09. The first-order chi connectivity index (χ1) is 9.24. The molecular weight excluding hydrogens is 241 g/mol. The average molecular weight is 265 g/mol. The van der Waals surface area contributed by atoms with Crippen LogP contribution in [0.15, 0.2) is 18.2 Å². The summed E-state index contributed by atoms with van der Waals surface area (Å²) in [6.45, 7) is 3.16. The van der Waals surface area contributed by atoms with Crippen molar-refractivity contribution in [2.45, 2.75) is 45.1 Å². The largest absolute Gasteiger partial charge is 0.494 e. The van der Waals surface area contributed by atoms with E-state index in [-0.39, 0.29) is 5.82 Å². The van der Waals surface area contributed by atoms with E-state index in [0.29, 0.717) is 11.8 Å². The molecule has 1 aliphatic carbocycles. The van der Waals surface area contributed by atoms with E-state index in [1.54, 1.807) is 0 Å². The van der Waals surface area contributed by atoms with Crippen LogP contribution < -0.4 is 10.1 Å². The van der Waals surface area contributed by atoms with Crippen LogP contribution in [0.1, 0.15) is 50.6 Å². The van der Waals surface area contributed by atoms with Crippen molar-refractivity contribution in [1.82, 2.24) is 5.32 Å². The number of ether oxygens (including phenoxy) is 1. The molecular formula is C16H24FNO.